The van der Waals surface area contributed by atoms with Gasteiger partial charge in [-0.2, -0.15) is 0 Å². The second-order valence-electron chi connectivity index (χ2n) is 19.7. The summed E-state index contributed by atoms with van der Waals surface area (Å²) in [5, 5.41) is 7.51. The van der Waals surface area contributed by atoms with Gasteiger partial charge in [0.15, 0.2) is 0 Å². The normalized spacial score (nSPS) is 11.0. The number of aryl methyl sites for hydroxylation is 2. The first-order valence-electron chi connectivity index (χ1n) is 26.1. The van der Waals surface area contributed by atoms with Crippen molar-refractivity contribution >= 4 is 22.7 Å². The second-order valence-corrected chi connectivity index (χ2v) is 19.7. The van der Waals surface area contributed by atoms with Crippen molar-refractivity contribution in [2.24, 2.45) is 0 Å². The molecular formula is C74H56N2. The molecule has 0 amide bonds. The second kappa shape index (κ2) is 21.4. The van der Waals surface area contributed by atoms with Crippen LogP contribution < -0.4 is 10.6 Å². The van der Waals surface area contributed by atoms with Gasteiger partial charge >= 0.3 is 0 Å². The number of rotatable bonds is 13. The van der Waals surface area contributed by atoms with Gasteiger partial charge < -0.3 is 10.6 Å². The van der Waals surface area contributed by atoms with E-state index in [9.17, 15) is 0 Å². The highest BCUT2D eigenvalue weighted by Crippen LogP contribution is 2.47. The fraction of sp³-hybridized carbons (Fsp3) is 0.0270. The average molecular weight is 973 g/mol. The minimum atomic E-state index is 1.03. The molecule has 0 bridgehead atoms. The molecule has 0 heterocycles. The van der Waals surface area contributed by atoms with E-state index in [1.807, 2.05) is 0 Å². The zero-order valence-electron chi connectivity index (χ0n) is 42.7. The first-order valence-corrected chi connectivity index (χ1v) is 26.1. The fourth-order valence-corrected chi connectivity index (χ4v) is 10.3. The van der Waals surface area contributed by atoms with Crippen molar-refractivity contribution in [3.63, 3.8) is 0 Å². The molecule has 2 heteroatoms. The number of nitrogens with one attached hydrogen (secondary N) is 2. The Labute approximate surface area is 447 Å². The van der Waals surface area contributed by atoms with Gasteiger partial charge in [0.2, 0.25) is 0 Å². The van der Waals surface area contributed by atoms with Crippen LogP contribution in [-0.4, -0.2) is 0 Å². The number of hydrogen-bond acceptors (Lipinski definition) is 2. The Kier molecular flexibility index (Phi) is 13.3. The van der Waals surface area contributed by atoms with Crippen LogP contribution >= 0.6 is 0 Å². The van der Waals surface area contributed by atoms with E-state index >= 15 is 0 Å². The topological polar surface area (TPSA) is 24.1 Å². The lowest BCUT2D eigenvalue weighted by Gasteiger charge is -2.22. The van der Waals surface area contributed by atoms with Gasteiger partial charge in [0.1, 0.15) is 0 Å². The fourth-order valence-electron chi connectivity index (χ4n) is 10.3. The van der Waals surface area contributed by atoms with Gasteiger partial charge in [-0.15, -0.1) is 0 Å². The highest BCUT2D eigenvalue weighted by Gasteiger charge is 2.20. The summed E-state index contributed by atoms with van der Waals surface area (Å²) in [4.78, 5) is 0. The quantitative estimate of drug-likeness (QED) is 0.120. The van der Waals surface area contributed by atoms with E-state index in [4.69, 9.17) is 0 Å². The van der Waals surface area contributed by atoms with E-state index < -0.39 is 0 Å². The van der Waals surface area contributed by atoms with Gasteiger partial charge in [0.25, 0.3) is 0 Å². The Morgan fingerprint density at radius 3 is 0.829 bits per heavy atom. The van der Waals surface area contributed by atoms with Gasteiger partial charge in [0.05, 0.1) is 0 Å². The number of anilines is 4. The van der Waals surface area contributed by atoms with Crippen LogP contribution in [0.1, 0.15) is 11.1 Å². The van der Waals surface area contributed by atoms with Crippen molar-refractivity contribution in [3.05, 3.63) is 302 Å². The molecule has 0 atom stereocenters. The maximum Gasteiger partial charge on any atom is 0.0470 e. The van der Waals surface area contributed by atoms with E-state index in [1.165, 1.54) is 66.8 Å². The van der Waals surface area contributed by atoms with Crippen LogP contribution in [0, 0.1) is 13.8 Å². The van der Waals surface area contributed by atoms with Crippen molar-refractivity contribution in [2.45, 2.75) is 13.8 Å². The lowest BCUT2D eigenvalue weighted by Crippen LogP contribution is -1.99. The molecule has 0 aliphatic rings. The molecule has 0 radical (unpaired) electrons. The van der Waals surface area contributed by atoms with E-state index in [2.05, 4.69) is 316 Å². The molecule has 0 saturated heterocycles. The smallest absolute Gasteiger partial charge is 0.0470 e. The number of benzene rings is 12. The lowest BCUT2D eigenvalue weighted by atomic mass is 9.85. The summed E-state index contributed by atoms with van der Waals surface area (Å²) >= 11 is 0. The summed E-state index contributed by atoms with van der Waals surface area (Å²) < 4.78 is 0. The zero-order valence-corrected chi connectivity index (χ0v) is 42.7. The van der Waals surface area contributed by atoms with Crippen LogP contribution in [0.2, 0.25) is 0 Å². The molecule has 0 fully saturated rings. The Balaban J connectivity index is 1.02. The molecule has 0 unspecified atom stereocenters. The Morgan fingerprint density at radius 1 is 0.197 bits per heavy atom. The van der Waals surface area contributed by atoms with Gasteiger partial charge in [-0.3, -0.25) is 0 Å². The maximum atomic E-state index is 3.90. The molecule has 2 nitrogen and oxygen atoms in total. The zero-order chi connectivity index (χ0) is 51.2. The summed E-state index contributed by atoms with van der Waals surface area (Å²) in [6.45, 7) is 4.25. The van der Waals surface area contributed by atoms with Gasteiger partial charge in [-0.05, 0) is 187 Å². The molecule has 0 aromatic heterocycles. The molecule has 0 aliphatic heterocycles. The maximum absolute atomic E-state index is 3.90. The van der Waals surface area contributed by atoms with E-state index in [1.54, 1.807) is 0 Å². The molecule has 12 aromatic rings. The van der Waals surface area contributed by atoms with Crippen molar-refractivity contribution in [3.8, 4) is 100 Å². The predicted octanol–water partition coefficient (Wildman–Crippen LogP) is 20.8. The SMILES string of the molecule is Cc1ccc(Nc2ccc(-c3ccc(Nc4ccc(C)cc4)c(-c4ccc(-c5cc(-c6ccccc6)cc(-c6ccccc6)c5)cc4)c3-c3ccc(-c4cc(-c5ccccc5)cc(-c5ccccc5)c4)cc3)cc2)cc1. The van der Waals surface area contributed by atoms with Crippen LogP contribution in [0.25, 0.3) is 100 Å². The highest BCUT2D eigenvalue weighted by molar-refractivity contribution is 6.02. The molecule has 12 rings (SSSR count). The summed E-state index contributed by atoms with van der Waals surface area (Å²) in [6, 6.07) is 106. The molecule has 0 spiro atoms. The first-order chi connectivity index (χ1) is 37.4. The minimum absolute atomic E-state index is 1.03. The largest absolute Gasteiger partial charge is 0.356 e. The van der Waals surface area contributed by atoms with Gasteiger partial charge in [0, 0.05) is 28.3 Å². The molecule has 12 aromatic carbocycles. The van der Waals surface area contributed by atoms with Crippen LogP contribution in [0.15, 0.2) is 291 Å². The van der Waals surface area contributed by atoms with E-state index in [0.717, 1.165) is 67.3 Å². The number of hydrogen-bond donors (Lipinski definition) is 2. The van der Waals surface area contributed by atoms with Gasteiger partial charge in [-0.1, -0.05) is 223 Å². The lowest BCUT2D eigenvalue weighted by molar-refractivity contribution is 1.45. The molecule has 76 heavy (non-hydrogen) atoms. The predicted molar refractivity (Wildman–Crippen MR) is 324 cm³/mol. The molecule has 0 saturated carbocycles. The average Bonchev–Trinajstić information content (AvgIpc) is 3.49. The highest BCUT2D eigenvalue weighted by atomic mass is 14.9. The molecule has 362 valence electrons. The third-order valence-corrected chi connectivity index (χ3v) is 14.4. The Bertz CT molecular complexity index is 3790. The molecular weight excluding hydrogens is 917 g/mol. The summed E-state index contributed by atoms with van der Waals surface area (Å²) in [5.74, 6) is 0. The molecule has 2 N–H and O–H groups in total. The van der Waals surface area contributed by atoms with Crippen molar-refractivity contribution in [2.75, 3.05) is 10.6 Å². The van der Waals surface area contributed by atoms with Crippen LogP contribution in [-0.2, 0) is 0 Å². The third kappa shape index (κ3) is 10.4. The third-order valence-electron chi connectivity index (χ3n) is 14.4. The van der Waals surface area contributed by atoms with Gasteiger partial charge in [-0.25, -0.2) is 0 Å². The van der Waals surface area contributed by atoms with E-state index in [-0.39, 0.29) is 0 Å². The van der Waals surface area contributed by atoms with Crippen LogP contribution in [0.5, 0.6) is 0 Å². The van der Waals surface area contributed by atoms with Crippen LogP contribution in [0.3, 0.4) is 0 Å². The molecule has 0 aliphatic carbocycles. The Hall–Kier alpha value is -9.76. The van der Waals surface area contributed by atoms with Crippen molar-refractivity contribution in [1.29, 1.82) is 0 Å². The van der Waals surface area contributed by atoms with E-state index in [0.29, 0.717) is 0 Å². The summed E-state index contributed by atoms with van der Waals surface area (Å²) in [6.07, 6.45) is 0. The van der Waals surface area contributed by atoms with Crippen LogP contribution in [0.4, 0.5) is 22.7 Å². The standard InChI is InChI=1S/C74H56N2/c1-51-23-37-68(38-24-51)75-69-41-35-59(36-42-69)71-43-44-72(76-70-39-25-52(2)26-40-70)74(61-33-29-58(30-34-61)67-49-64(55-19-11-5-12-20-55)46-65(50-67)56-21-13-6-14-22-56)73(71)60-31-27-57(28-32-60)66-47-62(53-15-7-3-8-16-53)45-63(48-66)54-17-9-4-10-18-54/h3-50,75-76H,1-2H3. The minimum Gasteiger partial charge on any atom is -0.356 e. The summed E-state index contributed by atoms with van der Waals surface area (Å²) in [7, 11) is 0. The first kappa shape index (κ1) is 47.3. The Morgan fingerprint density at radius 2 is 0.474 bits per heavy atom. The van der Waals surface area contributed by atoms with Crippen molar-refractivity contribution < 1.29 is 0 Å². The monoisotopic (exact) mass is 972 g/mol. The van der Waals surface area contributed by atoms with Crippen molar-refractivity contribution in [1.82, 2.24) is 0 Å². The summed E-state index contributed by atoms with van der Waals surface area (Å²) in [5.41, 5.74) is 27.5.